The third-order valence-electron chi connectivity index (χ3n) is 6.24. The second kappa shape index (κ2) is 11.7. The molecule has 2 aliphatic rings. The summed E-state index contributed by atoms with van der Waals surface area (Å²) in [5, 5.41) is 0. The molecule has 2 aliphatic heterocycles. The lowest BCUT2D eigenvalue weighted by atomic mass is 10.1. The molecule has 0 saturated carbocycles. The predicted octanol–water partition coefficient (Wildman–Crippen LogP) is 3.18. The summed E-state index contributed by atoms with van der Waals surface area (Å²) in [6.45, 7) is 3.16. The Hall–Kier alpha value is -3.18. The minimum Gasteiger partial charge on any atom is -0.350 e. The fourth-order valence-electron chi connectivity index (χ4n) is 4.18. The minimum absolute atomic E-state index is 0.313. The molecule has 1 amide bonds. The van der Waals surface area contributed by atoms with Crippen LogP contribution < -0.4 is 10.4 Å². The van der Waals surface area contributed by atoms with Gasteiger partial charge in [0.1, 0.15) is 11.0 Å². The summed E-state index contributed by atoms with van der Waals surface area (Å²) in [7, 11) is -1.23. The second-order valence-electron chi connectivity index (χ2n) is 8.67. The standard InChI is InChI=1S/C26H29N5O4S/c32-25(29-35-24-8-4-5-17-34-24)22-18-27-26(28-19-22)30-13-15-31(16-14-30)36(33)23-11-9-21(10-12-23)20-6-2-1-3-7-20/h1-3,6-7,9-12,18-19,24H,4-5,8,13-17H2,(H,29,32). The van der Waals surface area contributed by atoms with Crippen LogP contribution in [0.1, 0.15) is 29.6 Å². The van der Waals surface area contributed by atoms with Gasteiger partial charge in [-0.2, -0.15) is 0 Å². The van der Waals surface area contributed by atoms with Gasteiger partial charge in [-0.1, -0.05) is 42.5 Å². The molecule has 3 aromatic rings. The highest BCUT2D eigenvalue weighted by atomic mass is 32.2. The Morgan fingerprint density at radius 1 is 0.944 bits per heavy atom. The molecule has 3 heterocycles. The van der Waals surface area contributed by atoms with Gasteiger partial charge in [-0.3, -0.25) is 4.79 Å². The molecule has 2 aromatic carbocycles. The first-order valence-electron chi connectivity index (χ1n) is 12.1. The number of nitrogens with zero attached hydrogens (tertiary/aromatic N) is 4. The molecule has 2 saturated heterocycles. The van der Waals surface area contributed by atoms with Crippen molar-refractivity contribution in [2.45, 2.75) is 30.4 Å². The Morgan fingerprint density at radius 2 is 1.64 bits per heavy atom. The van der Waals surface area contributed by atoms with Gasteiger partial charge in [-0.25, -0.2) is 28.8 Å². The number of nitrogens with one attached hydrogen (secondary N) is 1. The van der Waals surface area contributed by atoms with E-state index in [-0.39, 0.29) is 0 Å². The molecule has 2 fully saturated rings. The lowest BCUT2D eigenvalue weighted by Gasteiger charge is -2.33. The number of anilines is 1. The molecule has 188 valence electrons. The van der Waals surface area contributed by atoms with Gasteiger partial charge >= 0.3 is 0 Å². The molecule has 2 atom stereocenters. The Labute approximate surface area is 213 Å². The topological polar surface area (TPSA) is 96.9 Å². The van der Waals surface area contributed by atoms with Gasteiger partial charge in [0.15, 0.2) is 6.29 Å². The number of rotatable bonds is 7. The number of hydrogen-bond donors (Lipinski definition) is 1. The van der Waals surface area contributed by atoms with Gasteiger partial charge < -0.3 is 9.64 Å². The van der Waals surface area contributed by atoms with Crippen molar-refractivity contribution in [1.29, 1.82) is 0 Å². The maximum Gasteiger partial charge on any atom is 0.278 e. The third kappa shape index (κ3) is 5.96. The predicted molar refractivity (Wildman–Crippen MR) is 136 cm³/mol. The molecule has 5 rings (SSSR count). The first kappa shape index (κ1) is 24.5. The van der Waals surface area contributed by atoms with Crippen LogP contribution in [0.5, 0.6) is 0 Å². The van der Waals surface area contributed by atoms with E-state index in [1.54, 1.807) is 0 Å². The highest BCUT2D eigenvalue weighted by Gasteiger charge is 2.24. The fourth-order valence-corrected chi connectivity index (χ4v) is 5.34. The van der Waals surface area contributed by atoms with Gasteiger partial charge in [0.25, 0.3) is 5.91 Å². The van der Waals surface area contributed by atoms with E-state index in [4.69, 9.17) is 9.57 Å². The van der Waals surface area contributed by atoms with Crippen molar-refractivity contribution in [2.75, 3.05) is 37.7 Å². The van der Waals surface area contributed by atoms with E-state index in [0.717, 1.165) is 35.3 Å². The smallest absolute Gasteiger partial charge is 0.278 e. The zero-order valence-electron chi connectivity index (χ0n) is 19.9. The van der Waals surface area contributed by atoms with E-state index >= 15 is 0 Å². The zero-order chi connectivity index (χ0) is 24.7. The number of carbonyl (C=O) groups is 1. The fraction of sp³-hybridized carbons (Fsp3) is 0.346. The van der Waals surface area contributed by atoms with E-state index in [9.17, 15) is 9.00 Å². The van der Waals surface area contributed by atoms with Gasteiger partial charge in [-0.15, -0.1) is 0 Å². The van der Waals surface area contributed by atoms with Gasteiger partial charge in [-0.05, 0) is 36.1 Å². The van der Waals surface area contributed by atoms with Crippen molar-refractivity contribution >= 4 is 22.8 Å². The first-order valence-corrected chi connectivity index (χ1v) is 13.2. The summed E-state index contributed by atoms with van der Waals surface area (Å²) < 4.78 is 20.5. The Morgan fingerprint density at radius 3 is 2.31 bits per heavy atom. The summed E-state index contributed by atoms with van der Waals surface area (Å²) in [4.78, 5) is 29.2. The van der Waals surface area contributed by atoms with E-state index in [1.807, 2.05) is 51.7 Å². The van der Waals surface area contributed by atoms with Crippen molar-refractivity contribution in [2.24, 2.45) is 0 Å². The summed E-state index contributed by atoms with van der Waals surface area (Å²) in [5.41, 5.74) is 4.97. The maximum atomic E-state index is 13.1. The Bertz CT molecular complexity index is 1160. The number of hydrogen-bond acceptors (Lipinski definition) is 7. The summed E-state index contributed by atoms with van der Waals surface area (Å²) in [6, 6.07) is 18.0. The number of aromatic nitrogens is 2. The maximum absolute atomic E-state index is 13.1. The Kier molecular flexibility index (Phi) is 7.97. The Balaban J connectivity index is 1.12. The first-order chi connectivity index (χ1) is 17.7. The van der Waals surface area contributed by atoms with Crippen molar-refractivity contribution in [3.05, 3.63) is 72.6 Å². The summed E-state index contributed by atoms with van der Waals surface area (Å²) >= 11 is 0. The number of piperazine rings is 1. The van der Waals surface area contributed by atoms with E-state index in [1.165, 1.54) is 12.4 Å². The summed E-state index contributed by atoms with van der Waals surface area (Å²) in [5.74, 6) is 0.134. The lowest BCUT2D eigenvalue weighted by molar-refractivity contribution is -0.186. The summed E-state index contributed by atoms with van der Waals surface area (Å²) in [6.07, 6.45) is 5.34. The van der Waals surface area contributed by atoms with Crippen LogP contribution in [-0.4, -0.2) is 63.5 Å². The van der Waals surface area contributed by atoms with Crippen molar-refractivity contribution < 1.29 is 18.6 Å². The molecule has 36 heavy (non-hydrogen) atoms. The van der Waals surface area contributed by atoms with Crippen LogP contribution in [-0.2, 0) is 20.6 Å². The van der Waals surface area contributed by atoms with Gasteiger partial charge in [0.05, 0.1) is 10.5 Å². The molecule has 0 bridgehead atoms. The molecule has 9 nitrogen and oxygen atoms in total. The van der Waals surface area contributed by atoms with E-state index in [2.05, 4.69) is 27.6 Å². The van der Waals surface area contributed by atoms with Crippen LogP contribution in [0.15, 0.2) is 71.9 Å². The van der Waals surface area contributed by atoms with Crippen molar-refractivity contribution in [1.82, 2.24) is 19.8 Å². The number of benzene rings is 2. The minimum atomic E-state index is -1.23. The number of ether oxygens (including phenoxy) is 1. The van der Waals surface area contributed by atoms with Crippen LogP contribution in [0.25, 0.3) is 11.1 Å². The van der Waals surface area contributed by atoms with E-state index < -0.39 is 23.2 Å². The highest BCUT2D eigenvalue weighted by molar-refractivity contribution is 7.82. The van der Waals surface area contributed by atoms with Crippen LogP contribution in [0.4, 0.5) is 5.95 Å². The number of carbonyl (C=O) groups excluding carboxylic acids is 1. The zero-order valence-corrected chi connectivity index (χ0v) is 20.7. The van der Waals surface area contributed by atoms with Crippen LogP contribution in [0.2, 0.25) is 0 Å². The SMILES string of the molecule is O=C(NOC1CCCCO1)c1cnc(N2CCN(S(=O)c3ccc(-c4ccccc4)cc3)CC2)nc1. The number of amides is 1. The highest BCUT2D eigenvalue weighted by Crippen LogP contribution is 2.22. The molecule has 2 unspecified atom stereocenters. The molecular formula is C26H29N5O4S. The molecule has 0 radical (unpaired) electrons. The third-order valence-corrected chi connectivity index (χ3v) is 7.75. The molecule has 10 heteroatoms. The van der Waals surface area contributed by atoms with Crippen LogP contribution in [0.3, 0.4) is 0 Å². The van der Waals surface area contributed by atoms with Crippen molar-refractivity contribution in [3.8, 4) is 11.1 Å². The van der Waals surface area contributed by atoms with Gasteiger partial charge in [0, 0.05) is 51.6 Å². The average Bonchev–Trinajstić information content (AvgIpc) is 2.97. The van der Waals surface area contributed by atoms with Crippen molar-refractivity contribution in [3.63, 3.8) is 0 Å². The normalized spacial score (nSPS) is 19.6. The molecular weight excluding hydrogens is 478 g/mol. The quantitative estimate of drug-likeness (QED) is 0.491. The van der Waals surface area contributed by atoms with Crippen LogP contribution in [0, 0.1) is 0 Å². The average molecular weight is 508 g/mol. The van der Waals surface area contributed by atoms with E-state index in [0.29, 0.717) is 44.3 Å². The largest absolute Gasteiger partial charge is 0.350 e. The molecule has 1 N–H and O–H groups in total. The monoisotopic (exact) mass is 507 g/mol. The second-order valence-corrected chi connectivity index (χ2v) is 10.2. The van der Waals surface area contributed by atoms with Crippen LogP contribution >= 0.6 is 0 Å². The lowest BCUT2D eigenvalue weighted by Crippen LogP contribution is -2.47. The number of hydroxylamine groups is 1. The molecule has 0 aliphatic carbocycles. The van der Waals surface area contributed by atoms with Gasteiger partial charge in [0.2, 0.25) is 5.95 Å². The molecule has 0 spiro atoms. The molecule has 1 aromatic heterocycles.